The van der Waals surface area contributed by atoms with Gasteiger partial charge in [-0.05, 0) is 40.2 Å². The van der Waals surface area contributed by atoms with Crippen molar-refractivity contribution >= 4 is 10.0 Å². The van der Waals surface area contributed by atoms with E-state index in [2.05, 4.69) is 19.2 Å². The van der Waals surface area contributed by atoms with Gasteiger partial charge in [0.25, 0.3) is 0 Å². The SMILES string of the molecule is CCNC(C)C1CCCCN1S(=O)(=O)C(C)C. The van der Waals surface area contributed by atoms with Crippen molar-refractivity contribution in [2.45, 2.75) is 64.3 Å². The highest BCUT2D eigenvalue weighted by Gasteiger charge is 2.36. The zero-order valence-electron chi connectivity index (χ0n) is 11.4. The fourth-order valence-electron chi connectivity index (χ4n) is 2.48. The van der Waals surface area contributed by atoms with E-state index < -0.39 is 10.0 Å². The molecule has 2 unspecified atom stereocenters. The first-order valence-corrected chi connectivity index (χ1v) is 8.15. The molecule has 0 saturated carbocycles. The van der Waals surface area contributed by atoms with E-state index in [9.17, 15) is 8.42 Å². The summed E-state index contributed by atoms with van der Waals surface area (Å²) in [6.07, 6.45) is 3.09. The molecule has 0 spiro atoms. The Morgan fingerprint density at radius 1 is 1.29 bits per heavy atom. The lowest BCUT2D eigenvalue weighted by atomic mass is 9.99. The van der Waals surface area contributed by atoms with Crippen LogP contribution in [0.4, 0.5) is 0 Å². The van der Waals surface area contributed by atoms with Gasteiger partial charge >= 0.3 is 0 Å². The number of nitrogens with zero attached hydrogens (tertiary/aromatic N) is 1. The van der Waals surface area contributed by atoms with E-state index in [0.29, 0.717) is 6.54 Å². The van der Waals surface area contributed by atoms with Crippen LogP contribution in [-0.2, 0) is 10.0 Å². The lowest BCUT2D eigenvalue weighted by molar-refractivity contribution is 0.208. The first kappa shape index (κ1) is 14.9. The summed E-state index contributed by atoms with van der Waals surface area (Å²) < 4.78 is 26.3. The summed E-state index contributed by atoms with van der Waals surface area (Å²) in [5.41, 5.74) is 0. The van der Waals surface area contributed by atoms with Gasteiger partial charge in [-0.1, -0.05) is 13.3 Å². The van der Waals surface area contributed by atoms with Crippen molar-refractivity contribution in [3.8, 4) is 0 Å². The van der Waals surface area contributed by atoms with E-state index in [1.54, 1.807) is 18.2 Å². The number of nitrogens with one attached hydrogen (secondary N) is 1. The van der Waals surface area contributed by atoms with E-state index >= 15 is 0 Å². The standard InChI is InChI=1S/C12H26N2O2S/c1-5-13-11(4)12-8-6-7-9-14(12)17(15,16)10(2)3/h10-13H,5-9H2,1-4H3. The van der Waals surface area contributed by atoms with E-state index in [-0.39, 0.29) is 17.3 Å². The quantitative estimate of drug-likeness (QED) is 0.818. The lowest BCUT2D eigenvalue weighted by Crippen LogP contribution is -2.54. The van der Waals surface area contributed by atoms with Gasteiger partial charge in [-0.3, -0.25) is 0 Å². The molecule has 0 aromatic rings. The second-order valence-corrected chi connectivity index (χ2v) is 7.56. The van der Waals surface area contributed by atoms with Crippen molar-refractivity contribution in [1.82, 2.24) is 9.62 Å². The number of rotatable bonds is 5. The molecule has 0 aromatic carbocycles. The molecule has 1 N–H and O–H groups in total. The number of hydrogen-bond donors (Lipinski definition) is 1. The Hall–Kier alpha value is -0.130. The minimum absolute atomic E-state index is 0.121. The highest BCUT2D eigenvalue weighted by molar-refractivity contribution is 7.89. The van der Waals surface area contributed by atoms with Crippen molar-refractivity contribution in [2.75, 3.05) is 13.1 Å². The molecule has 0 aliphatic carbocycles. The minimum atomic E-state index is -3.12. The van der Waals surface area contributed by atoms with E-state index in [4.69, 9.17) is 0 Å². The highest BCUT2D eigenvalue weighted by atomic mass is 32.2. The normalized spacial score (nSPS) is 25.1. The molecular weight excluding hydrogens is 236 g/mol. The Balaban J connectivity index is 2.86. The predicted molar refractivity (Wildman–Crippen MR) is 71.5 cm³/mol. The molecule has 1 aliphatic rings. The molecule has 1 saturated heterocycles. The van der Waals surface area contributed by atoms with Gasteiger partial charge in [-0.25, -0.2) is 8.42 Å². The zero-order valence-corrected chi connectivity index (χ0v) is 12.3. The molecule has 0 amide bonds. The largest absolute Gasteiger partial charge is 0.313 e. The average molecular weight is 262 g/mol. The van der Waals surface area contributed by atoms with Gasteiger partial charge in [0, 0.05) is 18.6 Å². The Morgan fingerprint density at radius 2 is 1.94 bits per heavy atom. The third kappa shape index (κ3) is 3.42. The fraction of sp³-hybridized carbons (Fsp3) is 1.00. The molecule has 0 radical (unpaired) electrons. The molecule has 5 heteroatoms. The maximum Gasteiger partial charge on any atom is 0.216 e. The van der Waals surface area contributed by atoms with Crippen molar-refractivity contribution in [3.63, 3.8) is 0 Å². The molecule has 4 nitrogen and oxygen atoms in total. The van der Waals surface area contributed by atoms with Crippen LogP contribution in [0.3, 0.4) is 0 Å². The van der Waals surface area contributed by atoms with Crippen LogP contribution < -0.4 is 5.32 Å². The van der Waals surface area contributed by atoms with Crippen LogP contribution in [0.15, 0.2) is 0 Å². The van der Waals surface area contributed by atoms with Crippen LogP contribution in [0.1, 0.15) is 47.0 Å². The maximum absolute atomic E-state index is 12.3. The summed E-state index contributed by atoms with van der Waals surface area (Å²) in [6, 6.07) is 0.352. The molecule has 1 heterocycles. The minimum Gasteiger partial charge on any atom is -0.313 e. The van der Waals surface area contributed by atoms with Gasteiger partial charge in [0.15, 0.2) is 0 Å². The van der Waals surface area contributed by atoms with Crippen molar-refractivity contribution in [2.24, 2.45) is 0 Å². The zero-order chi connectivity index (χ0) is 13.1. The van der Waals surface area contributed by atoms with Crippen LogP contribution in [0.5, 0.6) is 0 Å². The summed E-state index contributed by atoms with van der Waals surface area (Å²) in [4.78, 5) is 0. The summed E-state index contributed by atoms with van der Waals surface area (Å²) in [7, 11) is -3.12. The lowest BCUT2D eigenvalue weighted by Gasteiger charge is -2.39. The molecule has 2 atom stereocenters. The number of hydrogen-bond acceptors (Lipinski definition) is 3. The summed E-state index contributed by atoms with van der Waals surface area (Å²) in [6.45, 7) is 9.23. The highest BCUT2D eigenvalue weighted by Crippen LogP contribution is 2.25. The Kier molecular flexibility index (Phi) is 5.41. The van der Waals surface area contributed by atoms with Crippen LogP contribution in [0.2, 0.25) is 0 Å². The summed E-state index contributed by atoms with van der Waals surface area (Å²) in [5, 5.41) is 3.03. The average Bonchev–Trinajstić information content (AvgIpc) is 2.29. The topological polar surface area (TPSA) is 49.4 Å². The van der Waals surface area contributed by atoms with Crippen LogP contribution in [0, 0.1) is 0 Å². The Labute approximate surface area is 106 Å². The summed E-state index contributed by atoms with van der Waals surface area (Å²) >= 11 is 0. The maximum atomic E-state index is 12.3. The fourth-order valence-corrected chi connectivity index (χ4v) is 4.07. The van der Waals surface area contributed by atoms with Gasteiger partial charge in [0.1, 0.15) is 0 Å². The van der Waals surface area contributed by atoms with Gasteiger partial charge in [0.2, 0.25) is 10.0 Å². The molecule has 0 aromatic heterocycles. The first-order chi connectivity index (χ1) is 7.91. The molecule has 0 bridgehead atoms. The van der Waals surface area contributed by atoms with Crippen LogP contribution >= 0.6 is 0 Å². The Bertz CT molecular complexity index is 327. The monoisotopic (exact) mass is 262 g/mol. The molecule has 1 aliphatic heterocycles. The first-order valence-electron chi connectivity index (χ1n) is 6.65. The molecule has 1 rings (SSSR count). The molecule has 102 valence electrons. The third-order valence-corrected chi connectivity index (χ3v) is 5.82. The van der Waals surface area contributed by atoms with Gasteiger partial charge in [-0.15, -0.1) is 0 Å². The summed E-state index contributed by atoms with van der Waals surface area (Å²) in [5.74, 6) is 0. The van der Waals surface area contributed by atoms with Gasteiger partial charge in [0.05, 0.1) is 5.25 Å². The van der Waals surface area contributed by atoms with Gasteiger partial charge in [-0.2, -0.15) is 4.31 Å². The second-order valence-electron chi connectivity index (χ2n) is 5.11. The van der Waals surface area contributed by atoms with Crippen molar-refractivity contribution < 1.29 is 8.42 Å². The molecule has 1 fully saturated rings. The van der Waals surface area contributed by atoms with Crippen molar-refractivity contribution in [3.05, 3.63) is 0 Å². The van der Waals surface area contributed by atoms with Gasteiger partial charge < -0.3 is 5.32 Å². The molecule has 17 heavy (non-hydrogen) atoms. The third-order valence-electron chi connectivity index (χ3n) is 3.52. The number of likely N-dealkylation sites (N-methyl/N-ethyl adjacent to an activating group) is 1. The van der Waals surface area contributed by atoms with Crippen LogP contribution in [-0.4, -0.2) is 43.1 Å². The van der Waals surface area contributed by atoms with Crippen LogP contribution in [0.25, 0.3) is 0 Å². The number of piperidine rings is 1. The molecular formula is C12H26N2O2S. The predicted octanol–water partition coefficient (Wildman–Crippen LogP) is 1.58. The van der Waals surface area contributed by atoms with E-state index in [1.807, 2.05) is 0 Å². The van der Waals surface area contributed by atoms with E-state index in [1.165, 1.54) is 0 Å². The second kappa shape index (κ2) is 6.16. The smallest absolute Gasteiger partial charge is 0.216 e. The van der Waals surface area contributed by atoms with Crippen molar-refractivity contribution in [1.29, 1.82) is 0 Å². The number of sulfonamides is 1. The Morgan fingerprint density at radius 3 is 2.47 bits per heavy atom. The van der Waals surface area contributed by atoms with E-state index in [0.717, 1.165) is 25.8 Å².